The van der Waals surface area contributed by atoms with Crippen LogP contribution in [-0.4, -0.2) is 69.6 Å². The van der Waals surface area contributed by atoms with Gasteiger partial charge < -0.3 is 19.4 Å². The predicted octanol–water partition coefficient (Wildman–Crippen LogP) is 9.12. The van der Waals surface area contributed by atoms with E-state index in [1.807, 2.05) is 0 Å². The molecule has 0 spiro atoms. The Morgan fingerprint density at radius 1 is 0.578 bits per heavy atom. The Labute approximate surface area is 375 Å². The minimum Gasteiger partial charge on any atom is -0.491 e. The standard InChI is InChI=1S/C37H39N5O17S5/c1-22-6-8-26(9-7-22)64(51,52)55-36-19-28(63(48,49)50)17-25-16-27(62(45,46)47)18-33(37(25)36)42-40-31-21-35(54-11-5-13-61-59-57-44)32(15-24(31)3)41-39-30-20-34(29(38)14-23(30)2)53-10-4-12-60-58-56-43/h6-9,14-21,43-44H,4-5,10-13,38H2,1-3H3,(H,45,46,47)(H,48,49,50). The average Bonchev–Trinajstić information content (AvgIpc) is 3.22. The van der Waals surface area contributed by atoms with E-state index in [4.69, 9.17) is 29.9 Å². The highest BCUT2D eigenvalue weighted by atomic mass is 32.2. The first-order valence-electron chi connectivity index (χ1n) is 18.2. The third-order valence-electron chi connectivity index (χ3n) is 8.60. The van der Waals surface area contributed by atoms with Crippen molar-refractivity contribution in [3.63, 3.8) is 0 Å². The van der Waals surface area contributed by atoms with Gasteiger partial charge in [-0.15, -0.1) is 18.9 Å². The number of hydrogen-bond donors (Lipinski definition) is 5. The fourth-order valence-electron chi connectivity index (χ4n) is 5.54. The van der Waals surface area contributed by atoms with Gasteiger partial charge in [0.05, 0.1) is 51.1 Å². The van der Waals surface area contributed by atoms with Crippen molar-refractivity contribution < 1.29 is 77.3 Å². The van der Waals surface area contributed by atoms with Gasteiger partial charge in [-0.1, -0.05) is 27.8 Å². The summed E-state index contributed by atoms with van der Waals surface area (Å²) in [6, 6.07) is 15.0. The van der Waals surface area contributed by atoms with E-state index in [2.05, 4.69) is 39.2 Å². The SMILES string of the molecule is Cc1ccc(S(=O)(=O)Oc2cc(S(=O)(=O)O)cc3cc(S(=O)(=O)O)cc(N=Nc4cc(OCCCSOOO)c(N=Nc5cc(OCCCSOOO)c(N)cc5C)cc4C)c23)cc1. The molecule has 0 bridgehead atoms. The van der Waals surface area contributed by atoms with Gasteiger partial charge in [0.25, 0.3) is 20.2 Å². The molecule has 0 atom stereocenters. The summed E-state index contributed by atoms with van der Waals surface area (Å²) >= 11 is 1.68. The van der Waals surface area contributed by atoms with Crippen LogP contribution in [0.5, 0.6) is 17.2 Å². The molecule has 0 saturated carbocycles. The molecular weight excluding hydrogens is 947 g/mol. The molecule has 0 radical (unpaired) electrons. The number of rotatable bonds is 23. The van der Waals surface area contributed by atoms with Crippen molar-refractivity contribution in [3.8, 4) is 17.2 Å². The van der Waals surface area contributed by atoms with Gasteiger partial charge >= 0.3 is 10.1 Å². The molecule has 5 aromatic rings. The number of azo groups is 2. The molecule has 5 rings (SSSR count). The van der Waals surface area contributed by atoms with Gasteiger partial charge in [-0.3, -0.25) is 9.11 Å². The Balaban J connectivity index is 1.59. The van der Waals surface area contributed by atoms with Crippen LogP contribution in [0.2, 0.25) is 0 Å². The molecule has 0 aliphatic rings. The highest BCUT2D eigenvalue weighted by molar-refractivity contribution is 7.94. The highest BCUT2D eigenvalue weighted by Crippen LogP contribution is 2.42. The van der Waals surface area contributed by atoms with Crippen LogP contribution in [0.3, 0.4) is 0 Å². The number of anilines is 1. The molecule has 0 fully saturated rings. The second-order valence-corrected chi connectivity index (χ2v) is 19.2. The fraction of sp³-hybridized carbons (Fsp3) is 0.243. The van der Waals surface area contributed by atoms with Crippen LogP contribution < -0.4 is 19.4 Å². The van der Waals surface area contributed by atoms with Crippen molar-refractivity contribution in [2.75, 3.05) is 30.5 Å². The molecule has 64 heavy (non-hydrogen) atoms. The lowest BCUT2D eigenvalue weighted by Crippen LogP contribution is -2.11. The van der Waals surface area contributed by atoms with E-state index in [0.717, 1.165) is 47.8 Å². The zero-order valence-electron chi connectivity index (χ0n) is 33.7. The summed E-state index contributed by atoms with van der Waals surface area (Å²) < 4.78 is 123. The Kier molecular flexibility index (Phi) is 17.4. The van der Waals surface area contributed by atoms with Crippen LogP contribution in [0.1, 0.15) is 29.5 Å². The summed E-state index contributed by atoms with van der Waals surface area (Å²) in [6.45, 7) is 5.43. The highest BCUT2D eigenvalue weighted by Gasteiger charge is 2.25. The van der Waals surface area contributed by atoms with E-state index in [-0.39, 0.29) is 46.0 Å². The van der Waals surface area contributed by atoms with Crippen LogP contribution >= 0.6 is 24.1 Å². The summed E-state index contributed by atoms with van der Waals surface area (Å²) in [7, 11) is -14.7. The Morgan fingerprint density at radius 2 is 1.08 bits per heavy atom. The first-order valence-corrected chi connectivity index (χ1v) is 24.3. The summed E-state index contributed by atoms with van der Waals surface area (Å²) in [5.41, 5.74) is 8.65. The van der Waals surface area contributed by atoms with Crippen molar-refractivity contribution in [2.24, 2.45) is 20.5 Å². The van der Waals surface area contributed by atoms with E-state index in [1.165, 1.54) is 30.3 Å². The maximum atomic E-state index is 13.5. The molecule has 0 amide bonds. The lowest BCUT2D eigenvalue weighted by molar-refractivity contribution is -0.432. The van der Waals surface area contributed by atoms with Gasteiger partial charge in [-0.05, 0) is 92.6 Å². The molecule has 27 heteroatoms. The monoisotopic (exact) mass is 985 g/mol. The molecular formula is C37H39N5O17S5. The van der Waals surface area contributed by atoms with E-state index < -0.39 is 51.6 Å². The molecule has 0 aliphatic heterocycles. The lowest BCUT2D eigenvalue weighted by Gasteiger charge is -2.14. The van der Waals surface area contributed by atoms with E-state index in [9.17, 15) is 34.4 Å². The first-order chi connectivity index (χ1) is 30.3. The number of nitrogens with zero attached hydrogens (tertiary/aromatic N) is 4. The maximum Gasteiger partial charge on any atom is 0.339 e. The van der Waals surface area contributed by atoms with Gasteiger partial charge in [0.15, 0.2) is 5.75 Å². The Bertz CT molecular complexity index is 2860. The lowest BCUT2D eigenvalue weighted by atomic mass is 10.1. The minimum absolute atomic E-state index is 0.0733. The topological polar surface area (TPSA) is 323 Å². The molecule has 0 unspecified atom stereocenters. The second kappa shape index (κ2) is 22.3. The van der Waals surface area contributed by atoms with E-state index in [1.54, 1.807) is 39.0 Å². The Morgan fingerprint density at radius 3 is 1.64 bits per heavy atom. The summed E-state index contributed by atoms with van der Waals surface area (Å²) in [5, 5.41) is 40.6. The maximum absolute atomic E-state index is 13.5. The zero-order valence-corrected chi connectivity index (χ0v) is 37.8. The summed E-state index contributed by atoms with van der Waals surface area (Å²) in [5.74, 6) is 0.549. The Hall–Kier alpha value is -5.01. The van der Waals surface area contributed by atoms with Gasteiger partial charge in [0.2, 0.25) is 0 Å². The average molecular weight is 986 g/mol. The smallest absolute Gasteiger partial charge is 0.339 e. The molecule has 0 aliphatic carbocycles. The number of nitrogen functional groups attached to an aromatic ring is 1. The summed E-state index contributed by atoms with van der Waals surface area (Å²) in [6.07, 6.45) is 0.889. The predicted molar refractivity (Wildman–Crippen MR) is 232 cm³/mol. The first kappa shape index (κ1) is 50.0. The van der Waals surface area contributed by atoms with Crippen molar-refractivity contribution in [3.05, 3.63) is 89.5 Å². The zero-order chi connectivity index (χ0) is 46.7. The molecule has 0 aromatic heterocycles. The van der Waals surface area contributed by atoms with Crippen molar-refractivity contribution in [1.82, 2.24) is 0 Å². The van der Waals surface area contributed by atoms with Gasteiger partial charge in [-0.2, -0.15) is 35.5 Å². The second-order valence-electron chi connectivity index (χ2n) is 13.3. The largest absolute Gasteiger partial charge is 0.491 e. The van der Waals surface area contributed by atoms with Gasteiger partial charge in [0.1, 0.15) is 22.1 Å². The van der Waals surface area contributed by atoms with Crippen LogP contribution in [0, 0.1) is 20.8 Å². The van der Waals surface area contributed by atoms with Crippen LogP contribution in [0.4, 0.5) is 28.4 Å². The quantitative estimate of drug-likeness (QED) is 0.00595. The third-order valence-corrected chi connectivity index (χ3v) is 12.7. The third kappa shape index (κ3) is 13.7. The number of hydrogen-bond acceptors (Lipinski definition) is 22. The van der Waals surface area contributed by atoms with E-state index in [0.29, 0.717) is 58.7 Å². The molecule has 0 heterocycles. The van der Waals surface area contributed by atoms with Crippen LogP contribution in [-0.2, 0) is 49.1 Å². The number of fused-ring (bicyclic) bond motifs is 1. The van der Waals surface area contributed by atoms with Crippen molar-refractivity contribution >= 4 is 93.6 Å². The molecule has 5 aromatic carbocycles. The summed E-state index contributed by atoms with van der Waals surface area (Å²) in [4.78, 5) is -1.97. The molecule has 6 N–H and O–H groups in total. The van der Waals surface area contributed by atoms with Crippen LogP contribution in [0.15, 0.2) is 108 Å². The fourth-order valence-corrected chi connectivity index (χ4v) is 8.23. The number of benzene rings is 5. The number of ether oxygens (including phenoxy) is 2. The molecule has 22 nitrogen and oxygen atoms in total. The number of aryl methyl sites for hydroxylation is 3. The normalized spacial score (nSPS) is 12.4. The van der Waals surface area contributed by atoms with Crippen LogP contribution in [0.25, 0.3) is 10.8 Å². The van der Waals surface area contributed by atoms with Crippen molar-refractivity contribution in [2.45, 2.75) is 48.3 Å². The van der Waals surface area contributed by atoms with Gasteiger partial charge in [0, 0.05) is 53.8 Å². The van der Waals surface area contributed by atoms with E-state index >= 15 is 0 Å². The molecule has 344 valence electrons. The number of nitrogens with two attached hydrogens (primary N) is 1. The van der Waals surface area contributed by atoms with Crippen molar-refractivity contribution in [1.29, 1.82) is 0 Å². The minimum atomic E-state index is -5.05. The molecule has 0 saturated heterocycles. The van der Waals surface area contributed by atoms with Gasteiger partial charge in [-0.25, -0.2) is 10.5 Å².